The Bertz CT molecular complexity index is 454. The van der Waals surface area contributed by atoms with Gasteiger partial charge in [-0.15, -0.1) is 0 Å². The fourth-order valence-corrected chi connectivity index (χ4v) is 2.63. The van der Waals surface area contributed by atoms with E-state index in [1.807, 2.05) is 0 Å². The average Bonchev–Trinajstić information content (AvgIpc) is 2.34. The van der Waals surface area contributed by atoms with E-state index >= 15 is 0 Å². The molecular formula is C16H21F2N. The number of hydrogen-bond donors (Lipinski definition) is 1. The standard InChI is InChI=1S/C16H21F2N/c17-14-10-6-9-13(16(14)18)11-15(19)12-7-4-2-1-3-5-8-12/h6-7,9-10,15H,1-5,8,11,19H2/b12-7+. The summed E-state index contributed by atoms with van der Waals surface area (Å²) in [7, 11) is 0. The van der Waals surface area contributed by atoms with Crippen molar-refractivity contribution in [2.75, 3.05) is 0 Å². The Hall–Kier alpha value is -1.22. The van der Waals surface area contributed by atoms with Crippen LogP contribution in [0.2, 0.25) is 0 Å². The summed E-state index contributed by atoms with van der Waals surface area (Å²) in [6.45, 7) is 0. The maximum atomic E-state index is 13.6. The van der Waals surface area contributed by atoms with E-state index in [-0.39, 0.29) is 6.04 Å². The molecule has 104 valence electrons. The van der Waals surface area contributed by atoms with Crippen molar-refractivity contribution in [3.05, 3.63) is 47.0 Å². The summed E-state index contributed by atoms with van der Waals surface area (Å²) in [6, 6.07) is 4.09. The first kappa shape index (κ1) is 14.2. The summed E-state index contributed by atoms with van der Waals surface area (Å²) in [4.78, 5) is 0. The maximum absolute atomic E-state index is 13.6. The summed E-state index contributed by atoms with van der Waals surface area (Å²) in [6.07, 6.45) is 9.45. The zero-order chi connectivity index (χ0) is 13.7. The lowest BCUT2D eigenvalue weighted by Gasteiger charge is -2.18. The quantitative estimate of drug-likeness (QED) is 0.818. The van der Waals surface area contributed by atoms with E-state index in [9.17, 15) is 8.78 Å². The smallest absolute Gasteiger partial charge is 0.162 e. The second-order valence-electron chi connectivity index (χ2n) is 5.26. The first-order chi connectivity index (χ1) is 9.18. The minimum atomic E-state index is -0.795. The molecule has 0 aliphatic heterocycles. The van der Waals surface area contributed by atoms with E-state index in [0.29, 0.717) is 12.0 Å². The summed E-state index contributed by atoms with van der Waals surface area (Å²) < 4.78 is 26.8. The van der Waals surface area contributed by atoms with Crippen LogP contribution in [0.3, 0.4) is 0 Å². The van der Waals surface area contributed by atoms with Gasteiger partial charge in [0, 0.05) is 6.04 Å². The summed E-state index contributed by atoms with van der Waals surface area (Å²) in [5.41, 5.74) is 7.73. The van der Waals surface area contributed by atoms with E-state index in [4.69, 9.17) is 5.73 Å². The minimum Gasteiger partial charge on any atom is -0.324 e. The molecule has 1 aliphatic rings. The molecular weight excluding hydrogens is 244 g/mol. The molecule has 1 nitrogen and oxygen atoms in total. The van der Waals surface area contributed by atoms with Gasteiger partial charge in [-0.25, -0.2) is 8.78 Å². The monoisotopic (exact) mass is 265 g/mol. The van der Waals surface area contributed by atoms with Crippen LogP contribution in [0.4, 0.5) is 8.78 Å². The number of halogens is 2. The molecule has 1 aromatic carbocycles. The number of hydrogen-bond acceptors (Lipinski definition) is 1. The van der Waals surface area contributed by atoms with Crippen LogP contribution in [0.5, 0.6) is 0 Å². The van der Waals surface area contributed by atoms with Crippen molar-refractivity contribution in [1.82, 2.24) is 0 Å². The van der Waals surface area contributed by atoms with Gasteiger partial charge in [0.2, 0.25) is 0 Å². The van der Waals surface area contributed by atoms with Gasteiger partial charge in [-0.1, -0.05) is 36.6 Å². The number of rotatable bonds is 3. The predicted octanol–water partition coefficient (Wildman–Crippen LogP) is 4.12. The van der Waals surface area contributed by atoms with Crippen LogP contribution in [-0.4, -0.2) is 6.04 Å². The molecule has 2 rings (SSSR count). The number of allylic oxidation sites excluding steroid dienone is 1. The molecule has 0 radical (unpaired) electrons. The van der Waals surface area contributed by atoms with Crippen LogP contribution in [0.15, 0.2) is 29.8 Å². The second-order valence-corrected chi connectivity index (χ2v) is 5.26. The lowest BCUT2D eigenvalue weighted by molar-refractivity contribution is 0.494. The zero-order valence-corrected chi connectivity index (χ0v) is 11.2. The first-order valence-corrected chi connectivity index (χ1v) is 7.06. The largest absolute Gasteiger partial charge is 0.324 e. The minimum absolute atomic E-state index is 0.200. The molecule has 1 unspecified atom stereocenters. The molecule has 0 fully saturated rings. The van der Waals surface area contributed by atoms with Gasteiger partial charge in [0.25, 0.3) is 0 Å². The molecule has 0 saturated heterocycles. The van der Waals surface area contributed by atoms with Crippen molar-refractivity contribution < 1.29 is 8.78 Å². The molecule has 0 saturated carbocycles. The van der Waals surface area contributed by atoms with E-state index in [0.717, 1.165) is 25.3 Å². The van der Waals surface area contributed by atoms with E-state index in [1.165, 1.54) is 30.9 Å². The summed E-state index contributed by atoms with van der Waals surface area (Å²) in [5.74, 6) is -1.55. The Morgan fingerprint density at radius 1 is 1.11 bits per heavy atom. The fraction of sp³-hybridized carbons (Fsp3) is 0.500. The van der Waals surface area contributed by atoms with Crippen molar-refractivity contribution in [3.63, 3.8) is 0 Å². The molecule has 1 aromatic rings. The summed E-state index contributed by atoms with van der Waals surface area (Å²) in [5, 5.41) is 0. The van der Waals surface area contributed by atoms with Crippen molar-refractivity contribution in [1.29, 1.82) is 0 Å². The van der Waals surface area contributed by atoms with E-state index in [1.54, 1.807) is 6.07 Å². The van der Waals surface area contributed by atoms with Crippen molar-refractivity contribution >= 4 is 0 Å². The molecule has 1 atom stereocenters. The van der Waals surface area contributed by atoms with Crippen molar-refractivity contribution in [3.8, 4) is 0 Å². The van der Waals surface area contributed by atoms with Crippen LogP contribution < -0.4 is 5.73 Å². The van der Waals surface area contributed by atoms with Crippen LogP contribution in [0.1, 0.15) is 44.1 Å². The van der Waals surface area contributed by atoms with Gasteiger partial charge in [0.15, 0.2) is 11.6 Å². The van der Waals surface area contributed by atoms with Crippen LogP contribution in [0.25, 0.3) is 0 Å². The lowest BCUT2D eigenvalue weighted by Crippen LogP contribution is -2.26. The van der Waals surface area contributed by atoms with E-state index in [2.05, 4.69) is 6.08 Å². The highest BCUT2D eigenvalue weighted by atomic mass is 19.2. The van der Waals surface area contributed by atoms with Gasteiger partial charge in [-0.05, 0) is 43.7 Å². The molecule has 19 heavy (non-hydrogen) atoms. The second kappa shape index (κ2) is 6.80. The van der Waals surface area contributed by atoms with Gasteiger partial charge in [0.1, 0.15) is 0 Å². The number of nitrogens with two attached hydrogens (primary N) is 1. The highest BCUT2D eigenvalue weighted by Crippen LogP contribution is 2.22. The summed E-state index contributed by atoms with van der Waals surface area (Å²) >= 11 is 0. The van der Waals surface area contributed by atoms with Crippen molar-refractivity contribution in [2.45, 2.75) is 51.0 Å². The molecule has 2 N–H and O–H groups in total. The first-order valence-electron chi connectivity index (χ1n) is 7.06. The van der Waals surface area contributed by atoms with Crippen molar-refractivity contribution in [2.24, 2.45) is 5.73 Å². The van der Waals surface area contributed by atoms with Gasteiger partial charge in [-0.3, -0.25) is 0 Å². The molecule has 3 heteroatoms. The molecule has 1 aliphatic carbocycles. The fourth-order valence-electron chi connectivity index (χ4n) is 2.63. The topological polar surface area (TPSA) is 26.0 Å². The normalized spacial score (nSPS) is 21.1. The molecule has 0 heterocycles. The van der Waals surface area contributed by atoms with Gasteiger partial charge >= 0.3 is 0 Å². The average molecular weight is 265 g/mol. The maximum Gasteiger partial charge on any atom is 0.162 e. The third-order valence-electron chi connectivity index (χ3n) is 3.77. The number of benzene rings is 1. The van der Waals surface area contributed by atoms with E-state index < -0.39 is 11.6 Å². The molecule has 0 bridgehead atoms. The Labute approximate surface area is 113 Å². The lowest BCUT2D eigenvalue weighted by atomic mass is 9.92. The third-order valence-corrected chi connectivity index (χ3v) is 3.77. The van der Waals surface area contributed by atoms with Crippen LogP contribution in [-0.2, 0) is 6.42 Å². The van der Waals surface area contributed by atoms with Gasteiger partial charge in [0.05, 0.1) is 0 Å². The SMILES string of the molecule is NC(Cc1cccc(F)c1F)/C1=C/CCCCCC1. The molecule has 0 spiro atoms. The highest BCUT2D eigenvalue weighted by Gasteiger charge is 2.15. The Balaban J connectivity index is 2.07. The predicted molar refractivity (Wildman–Crippen MR) is 73.8 cm³/mol. The zero-order valence-electron chi connectivity index (χ0n) is 11.2. The molecule has 0 aromatic heterocycles. The molecule has 0 amide bonds. The Morgan fingerprint density at radius 3 is 2.74 bits per heavy atom. The highest BCUT2D eigenvalue weighted by molar-refractivity contribution is 5.23. The van der Waals surface area contributed by atoms with Crippen LogP contribution in [0, 0.1) is 11.6 Å². The Kier molecular flexibility index (Phi) is 5.08. The third kappa shape index (κ3) is 3.87. The Morgan fingerprint density at radius 2 is 1.89 bits per heavy atom. The van der Waals surface area contributed by atoms with Crippen LogP contribution >= 0.6 is 0 Å². The van der Waals surface area contributed by atoms with Gasteiger partial charge < -0.3 is 5.73 Å². The van der Waals surface area contributed by atoms with Gasteiger partial charge in [-0.2, -0.15) is 0 Å².